The number of hydrogen-bond acceptors (Lipinski definition) is 77. The van der Waals surface area contributed by atoms with Crippen LogP contribution in [-0.2, 0) is 295 Å². The SMILES string of the molecule is CCOCCOCCOCCOC1O[C@H](COS(=O)(=O)[O-])[C@@H](OS(=O)(=O)[O-])[C@H](O[C@@H]2O[C@H](COS(=O)(=O)[O-])[C@@H](OS(=O)(=O)[O-])[C@H](O[C@@H]3O[C@H](COS(=O)(=O)[O-])[C@@H](OS(=O)(=O)[O-])[C@H](O[C@@H]4O[C@H](COS(=O)(=O)[O-])[C@@H](OS(=O)(=O)[O-])[C@H](O[C@@H]5O[C@H](COS(=O)(=O)[O-])[C@@H](OS(=O)(=O)[O-])[C@H](OS(=O)(=O)[O-])[C@H]5OS(=O)(=O)[O-])[C@H]4OS(=O)(=O)[O-])[C@H]3OS(=O)(=O)[O-])[C@H]2OS(=O)(=O)[O-])[C@H]1OS(=O)(=O)[O-].[Na+].[Na+].[Na+].[Na+].[Na+].[Na+].[Na+].[Na+].[Na+].[Na+].[Na+].[Na+].[Na+].[Na+].[Na+].[Na+]. The average molecular weight is 2620 g/mol. The molecule has 1 unspecified atom stereocenters. The number of ether oxygens (including phenoxy) is 13. The molecule has 0 aromatic heterocycles. The second-order valence-electron chi connectivity index (χ2n) is 24.0. The molecule has 778 valence electrons. The molecule has 0 aromatic carbocycles. The van der Waals surface area contributed by atoms with Gasteiger partial charge >= 0.3 is 473 Å². The first-order valence-electron chi connectivity index (χ1n) is 32.1. The molecule has 25 atom stereocenters. The van der Waals surface area contributed by atoms with Gasteiger partial charge in [0, 0.05) is 6.61 Å². The molecule has 0 N–H and O–H groups in total. The predicted octanol–water partition coefficient (Wildman–Crippen LogP) is -67.0. The minimum atomic E-state index is -7.50. The van der Waals surface area contributed by atoms with Gasteiger partial charge in [-0.25, -0.2) is 135 Å². The zero-order valence-electron chi connectivity index (χ0n) is 77.9. The van der Waals surface area contributed by atoms with E-state index < -0.39 is 373 Å². The van der Waals surface area contributed by atoms with Gasteiger partial charge in [-0.3, -0.25) is 66.9 Å². The molecule has 5 heterocycles. The van der Waals surface area contributed by atoms with Gasteiger partial charge in [-0.2, -0.15) is 0 Å². The van der Waals surface area contributed by atoms with Crippen molar-refractivity contribution in [1.82, 2.24) is 0 Å². The van der Waals surface area contributed by atoms with E-state index in [0.29, 0.717) is 0 Å². The molecule has 5 fully saturated rings. The van der Waals surface area contributed by atoms with E-state index in [1.54, 1.807) is 6.92 Å². The van der Waals surface area contributed by atoms with Crippen LogP contribution in [0.5, 0.6) is 0 Å². The van der Waals surface area contributed by atoms with Crippen molar-refractivity contribution < 1.29 is 809 Å². The summed E-state index contributed by atoms with van der Waals surface area (Å²) in [6, 6.07) is 0. The smallest absolute Gasteiger partial charge is 0.726 e. The van der Waals surface area contributed by atoms with Crippen LogP contribution in [0.15, 0.2) is 0 Å². The summed E-state index contributed by atoms with van der Waals surface area (Å²) >= 11 is 0. The zero-order valence-corrected chi connectivity index (χ0v) is 123. The summed E-state index contributed by atoms with van der Waals surface area (Å²) in [4.78, 5) is 0. The Labute approximate surface area is 1190 Å². The third-order valence-corrected chi connectivity index (χ3v) is 22.1. The van der Waals surface area contributed by atoms with Crippen LogP contribution in [-0.4, -0.2) is 440 Å². The van der Waals surface area contributed by atoms with Crippen molar-refractivity contribution >= 4 is 166 Å². The van der Waals surface area contributed by atoms with Crippen LogP contribution in [0.4, 0.5) is 0 Å². The summed E-state index contributed by atoms with van der Waals surface area (Å²) in [6.07, 6.45) is -101. The van der Waals surface area contributed by atoms with Crippen LogP contribution in [0.2, 0.25) is 0 Å². The molecule has 109 heteroatoms. The molecule has 5 aliphatic heterocycles. The maximum absolute atomic E-state index is 13.2. The standard InChI is InChI=1S/C38H68O77S16.16Na/c1-2-87-3-4-88-5-6-89-7-8-90-34-29(111-127(72,73)74)24(19(105-121(54,55)56)14(96-34)9-91-116(39,40)41)101-35-30(112-128(75,76)77)25(20(106-122(57,58)59)15(97-35)10-92-117(42,43)44)102-36-31(113-129(78,79)80)26(21(107-123(60,61)62)16(98-36)11-93-118(45,46)47)103-37-32(114-130(81,82)83)27(22(108-124(63,64)65)17(99-37)12-94-119(48,49)50)104-38-33(115-131(84,85)86)28(110-126(69,70)71)23(109-125(66,67)68)18(100-38)13-95-120(51,52)53;;;;;;;;;;;;;;;;/h14-38H,2-13H2,1H3,(H,39,40,41)(H,42,43,44)(H,45,46,47)(H,48,49,50)(H,51,52,53)(H,54,55,56)(H,57,58,59)(H,60,61,62)(H,63,64,65)(H,66,67,68)(H,69,70,71)(H,72,73,74)(H,75,76,77)(H,78,79,80)(H,81,82,83)(H,84,85,86);;;;;;;;;;;;;;;;/q;16*+1/p-16/t14-,15-,16-,17-,18-,19-,20-,21-,22-,23-,24+,25+,26+,27+,28+,29-,30-,31-,32-,33-,34?,35+,36+,37+,38+;;;;;;;;;;;;;;;;/m1................/s1. The van der Waals surface area contributed by atoms with E-state index in [1.807, 2.05) is 0 Å². The molecule has 0 saturated carbocycles. The summed E-state index contributed by atoms with van der Waals surface area (Å²) in [7, 11) is -112. The van der Waals surface area contributed by atoms with Crippen LogP contribution in [0.1, 0.15) is 6.92 Å². The van der Waals surface area contributed by atoms with Crippen LogP contribution < -0.4 is 473 Å². The summed E-state index contributed by atoms with van der Waals surface area (Å²) in [6.45, 7) is -14.4. The van der Waals surface area contributed by atoms with Gasteiger partial charge in [-0.05, 0) is 6.92 Å². The van der Waals surface area contributed by atoms with E-state index in [2.05, 4.69) is 66.9 Å². The van der Waals surface area contributed by atoms with Gasteiger partial charge in [0.05, 0.1) is 72.7 Å². The Bertz CT molecular complexity index is 5870. The fraction of sp³-hybridized carbons (Fsp3) is 1.00. The Morgan fingerprint density at radius 1 is 0.170 bits per heavy atom. The predicted molar refractivity (Wildman–Crippen MR) is 345 cm³/mol. The van der Waals surface area contributed by atoms with Gasteiger partial charge in [-0.15, -0.1) is 0 Å². The third-order valence-electron chi connectivity index (χ3n) is 15.0. The first-order chi connectivity index (χ1) is 58.8. The Morgan fingerprint density at radius 3 is 0.476 bits per heavy atom. The van der Waals surface area contributed by atoms with E-state index >= 15 is 0 Å². The monoisotopic (exact) mass is 2620 g/mol. The van der Waals surface area contributed by atoms with Crippen LogP contribution in [0.3, 0.4) is 0 Å². The number of hydrogen-bond donors (Lipinski definition) is 0. The second-order valence-corrected chi connectivity index (χ2v) is 40.4. The average Bonchev–Trinajstić information content (AvgIpc) is 0.741. The van der Waals surface area contributed by atoms with Crippen LogP contribution in [0, 0.1) is 0 Å². The van der Waals surface area contributed by atoms with Crippen LogP contribution in [0.25, 0.3) is 0 Å². The molecule has 5 rings (SSSR count). The van der Waals surface area contributed by atoms with Crippen molar-refractivity contribution in [3.05, 3.63) is 0 Å². The van der Waals surface area contributed by atoms with Crippen molar-refractivity contribution in [2.24, 2.45) is 0 Å². The topological polar surface area (TPSA) is 1180 Å². The minimum Gasteiger partial charge on any atom is -0.726 e. The summed E-state index contributed by atoms with van der Waals surface area (Å²) < 4.78 is 733. The summed E-state index contributed by atoms with van der Waals surface area (Å²) in [5.74, 6) is 0. The fourth-order valence-corrected chi connectivity index (χ4v) is 18.0. The van der Waals surface area contributed by atoms with E-state index in [0.717, 1.165) is 0 Å². The first-order valence-corrected chi connectivity index (χ1v) is 53.5. The van der Waals surface area contributed by atoms with E-state index in [9.17, 15) is 208 Å². The normalized spacial score (nSPS) is 28.1. The van der Waals surface area contributed by atoms with Gasteiger partial charge < -0.3 is 134 Å². The molecule has 0 radical (unpaired) electrons. The van der Waals surface area contributed by atoms with Crippen molar-refractivity contribution in [3.63, 3.8) is 0 Å². The molecular formula is C38H52Na16O77S16. The maximum Gasteiger partial charge on any atom is 1.00 e. The van der Waals surface area contributed by atoms with Gasteiger partial charge in [0.25, 0.3) is 0 Å². The van der Waals surface area contributed by atoms with Crippen molar-refractivity contribution in [2.45, 2.75) is 160 Å². The zero-order chi connectivity index (χ0) is 100. The van der Waals surface area contributed by atoms with Crippen molar-refractivity contribution in [2.75, 3.05) is 79.3 Å². The Morgan fingerprint density at radius 2 is 0.306 bits per heavy atom. The first kappa shape index (κ1) is 185. The van der Waals surface area contributed by atoms with Gasteiger partial charge in [0.15, 0.2) is 62.0 Å². The number of rotatable bonds is 56. The van der Waals surface area contributed by atoms with Crippen molar-refractivity contribution in [3.8, 4) is 0 Å². The molecule has 77 nitrogen and oxygen atoms in total. The summed E-state index contributed by atoms with van der Waals surface area (Å²) in [5, 5.41) is 0. The molecule has 5 aliphatic rings. The Kier molecular flexibility index (Phi) is 99.1. The molecular weight excluding hydrogens is 2570 g/mol. The molecule has 0 amide bonds. The maximum atomic E-state index is 13.2. The molecule has 147 heavy (non-hydrogen) atoms. The summed E-state index contributed by atoms with van der Waals surface area (Å²) in [5.41, 5.74) is 0. The van der Waals surface area contributed by atoms with Gasteiger partial charge in [-0.1, -0.05) is 0 Å². The molecule has 0 aliphatic carbocycles. The fourth-order valence-electron chi connectivity index (χ4n) is 11.1. The molecule has 5 saturated heterocycles. The largest absolute Gasteiger partial charge is 1.00 e. The van der Waals surface area contributed by atoms with E-state index in [4.69, 9.17) is 61.6 Å². The van der Waals surface area contributed by atoms with E-state index in [1.165, 1.54) is 0 Å². The van der Waals surface area contributed by atoms with Gasteiger partial charge in [0.1, 0.15) is 91.6 Å². The van der Waals surface area contributed by atoms with E-state index in [-0.39, 0.29) is 499 Å². The van der Waals surface area contributed by atoms with Crippen molar-refractivity contribution in [1.29, 1.82) is 0 Å². The Hall–Kier alpha value is 13.4. The molecule has 0 spiro atoms. The molecule has 0 aromatic rings. The molecule has 0 bridgehead atoms. The van der Waals surface area contributed by atoms with Crippen LogP contribution >= 0.6 is 0 Å². The Balaban J connectivity index is -0.00000114. The van der Waals surface area contributed by atoms with Gasteiger partial charge in [0.2, 0.25) is 166 Å². The third kappa shape index (κ3) is 77.0. The quantitative estimate of drug-likeness (QED) is 0.0236. The minimum absolute atomic E-state index is 0. The second kappa shape index (κ2) is 78.7.